The Morgan fingerprint density at radius 3 is 3.10 bits per heavy atom. The molecule has 4 aliphatic heterocycles. The van der Waals surface area contributed by atoms with Crippen molar-refractivity contribution in [3.8, 4) is 0 Å². The minimum atomic E-state index is -0.945. The first-order valence-corrected chi connectivity index (χ1v) is 10.8. The van der Waals surface area contributed by atoms with Crippen molar-refractivity contribution in [1.82, 2.24) is 20.5 Å². The number of aliphatic carboxylic acids is 1. The Morgan fingerprint density at radius 1 is 1.41 bits per heavy atom. The summed E-state index contributed by atoms with van der Waals surface area (Å²) in [6.07, 6.45) is 5.22. The number of carbonyl (C=O) groups is 3. The number of hydrogen-bond acceptors (Lipinski definition) is 7. The lowest BCUT2D eigenvalue weighted by Gasteiger charge is -2.61. The number of aromatic amines is 1. The number of aromatic nitrogens is 1. The lowest BCUT2D eigenvalue weighted by molar-refractivity contribution is -0.137. The number of nitrogens with zero attached hydrogens (tertiary/aromatic N) is 1. The van der Waals surface area contributed by atoms with Gasteiger partial charge in [-0.3, -0.25) is 19.3 Å². The number of nitrogens with one attached hydrogen (secondary N) is 3. The smallest absolute Gasteiger partial charge is 0.317 e. The van der Waals surface area contributed by atoms with Crippen molar-refractivity contribution in [2.75, 3.05) is 13.1 Å². The molecule has 0 radical (unpaired) electrons. The van der Waals surface area contributed by atoms with E-state index in [0.29, 0.717) is 17.9 Å². The van der Waals surface area contributed by atoms with E-state index in [1.807, 2.05) is 6.20 Å². The molecule has 3 bridgehead atoms. The predicted octanol–water partition coefficient (Wildman–Crippen LogP) is 0.309. The first kappa shape index (κ1) is 16.4. The number of Topliss-reactive ketones (excluding diaryl/α,β-unsaturated/α-hetero) is 1. The van der Waals surface area contributed by atoms with Crippen molar-refractivity contribution in [3.05, 3.63) is 45.3 Å². The molecule has 1 aromatic heterocycles. The fourth-order valence-corrected chi connectivity index (χ4v) is 8.15. The fraction of sp³-hybridized carbons (Fsp3) is 0.450. The molecule has 0 saturated carbocycles. The summed E-state index contributed by atoms with van der Waals surface area (Å²) in [6.45, 7) is 0.499. The van der Waals surface area contributed by atoms with Crippen LogP contribution in [0.5, 0.6) is 0 Å². The third-order valence-electron chi connectivity index (χ3n) is 7.49. The molecule has 6 aliphatic rings. The van der Waals surface area contributed by atoms with Crippen molar-refractivity contribution in [2.24, 2.45) is 5.41 Å². The van der Waals surface area contributed by atoms with Gasteiger partial charge in [-0.05, 0) is 30.1 Å². The van der Waals surface area contributed by atoms with Gasteiger partial charge in [0, 0.05) is 34.7 Å². The molecular weight excluding hydrogens is 392 g/mol. The molecule has 8 nitrogen and oxygen atoms in total. The van der Waals surface area contributed by atoms with E-state index in [1.54, 1.807) is 17.8 Å². The number of H-pyrrole nitrogens is 1. The molecular formula is C20H18N4O4S. The summed E-state index contributed by atoms with van der Waals surface area (Å²) in [5, 5.41) is 16.0. The van der Waals surface area contributed by atoms with Crippen molar-refractivity contribution in [2.45, 2.75) is 36.3 Å². The van der Waals surface area contributed by atoms with E-state index in [4.69, 9.17) is 0 Å². The first-order valence-electron chi connectivity index (χ1n) is 9.90. The molecule has 4 N–H and O–H groups in total. The monoisotopic (exact) mass is 410 g/mol. The molecule has 148 valence electrons. The zero-order valence-electron chi connectivity index (χ0n) is 15.3. The number of rotatable bonds is 3. The van der Waals surface area contributed by atoms with E-state index >= 15 is 0 Å². The standard InChI is InChI=1S/C20H18N4O4S/c25-8-3-9-20-4-10(29-9)23-15-13(20)17-12-7(5-21-14(12)18(15)28)1-2-24(17)16(8)19(20)22-6-11(26)27/h3,5,10,16-17,19,21-23H,1-2,4,6H2,(H,26,27)/t10-,16+,17?,19-,20+/m0/s1. The normalized spacial score (nSPS) is 38.1. The number of piperidine rings is 1. The maximum atomic E-state index is 13.4. The van der Waals surface area contributed by atoms with Crippen LogP contribution in [0, 0.1) is 5.41 Å². The van der Waals surface area contributed by atoms with Crippen molar-refractivity contribution < 1.29 is 19.5 Å². The minimum absolute atomic E-state index is 0.00995. The minimum Gasteiger partial charge on any atom is -0.480 e. The Balaban J connectivity index is 1.54. The van der Waals surface area contributed by atoms with E-state index in [1.165, 1.54) is 0 Å². The van der Waals surface area contributed by atoms with Crippen LogP contribution in [-0.4, -0.2) is 63.1 Å². The number of carboxylic acids is 1. The van der Waals surface area contributed by atoms with Crippen LogP contribution in [0.1, 0.15) is 34.1 Å². The summed E-state index contributed by atoms with van der Waals surface area (Å²) in [7, 11) is 0. The van der Waals surface area contributed by atoms with E-state index in [2.05, 4.69) is 20.5 Å². The predicted molar refractivity (Wildman–Crippen MR) is 103 cm³/mol. The van der Waals surface area contributed by atoms with E-state index in [0.717, 1.165) is 34.4 Å². The van der Waals surface area contributed by atoms with Crippen LogP contribution >= 0.6 is 11.8 Å². The number of thioether (sulfide) groups is 1. The molecule has 2 aliphatic carbocycles. The second-order valence-corrected chi connectivity index (χ2v) is 9.89. The average Bonchev–Trinajstić information content (AvgIpc) is 3.23. The van der Waals surface area contributed by atoms with Crippen LogP contribution in [0.3, 0.4) is 0 Å². The van der Waals surface area contributed by atoms with Gasteiger partial charge in [0.05, 0.1) is 35.4 Å². The highest BCUT2D eigenvalue weighted by Gasteiger charge is 2.69. The Kier molecular flexibility index (Phi) is 2.85. The third-order valence-corrected chi connectivity index (χ3v) is 8.80. The Labute approximate surface area is 169 Å². The van der Waals surface area contributed by atoms with Gasteiger partial charge in [-0.2, -0.15) is 0 Å². The van der Waals surface area contributed by atoms with Crippen LogP contribution in [0.15, 0.2) is 28.4 Å². The quantitative estimate of drug-likeness (QED) is 0.563. The maximum Gasteiger partial charge on any atom is 0.317 e. The summed E-state index contributed by atoms with van der Waals surface area (Å²) in [5.41, 5.74) is 3.99. The van der Waals surface area contributed by atoms with Gasteiger partial charge < -0.3 is 20.7 Å². The lowest BCUT2D eigenvalue weighted by Crippen LogP contribution is -2.71. The van der Waals surface area contributed by atoms with Crippen LogP contribution in [0.2, 0.25) is 0 Å². The molecule has 0 amide bonds. The zero-order valence-corrected chi connectivity index (χ0v) is 16.1. The van der Waals surface area contributed by atoms with Crippen molar-refractivity contribution in [1.29, 1.82) is 0 Å². The Morgan fingerprint density at radius 2 is 2.28 bits per heavy atom. The number of hydrogen-bond donors (Lipinski definition) is 4. The van der Waals surface area contributed by atoms with E-state index in [-0.39, 0.29) is 35.6 Å². The summed E-state index contributed by atoms with van der Waals surface area (Å²) in [6, 6.07) is -0.878. The molecule has 29 heavy (non-hydrogen) atoms. The van der Waals surface area contributed by atoms with E-state index < -0.39 is 17.4 Å². The molecule has 7 rings (SSSR count). The summed E-state index contributed by atoms with van der Waals surface area (Å²) < 4.78 is 0. The van der Waals surface area contributed by atoms with Gasteiger partial charge in [0.1, 0.15) is 0 Å². The van der Waals surface area contributed by atoms with Gasteiger partial charge in [0.25, 0.3) is 0 Å². The number of carbonyl (C=O) groups excluding carboxylic acids is 2. The SMILES string of the molecule is O=C(O)CN[C@H]1[C@H]2C(=O)C=C3S[C@H]4C[C@]31C1=C(N4)C(=O)c3[nH]cc4c3C1N2CC4. The van der Waals surface area contributed by atoms with Crippen LogP contribution in [-0.2, 0) is 16.0 Å². The van der Waals surface area contributed by atoms with Crippen LogP contribution < -0.4 is 10.6 Å². The van der Waals surface area contributed by atoms with Gasteiger partial charge in [-0.15, -0.1) is 11.8 Å². The maximum absolute atomic E-state index is 13.4. The van der Waals surface area contributed by atoms with Crippen molar-refractivity contribution in [3.63, 3.8) is 0 Å². The zero-order chi connectivity index (χ0) is 19.7. The second-order valence-electron chi connectivity index (χ2n) is 8.65. The summed E-state index contributed by atoms with van der Waals surface area (Å²) in [5.74, 6) is -0.927. The van der Waals surface area contributed by atoms with Crippen molar-refractivity contribution >= 4 is 29.3 Å². The number of ketones is 2. The molecule has 2 saturated heterocycles. The molecule has 5 atom stereocenters. The van der Waals surface area contributed by atoms with Gasteiger partial charge in [-0.25, -0.2) is 0 Å². The van der Waals surface area contributed by atoms with E-state index in [9.17, 15) is 19.5 Å². The molecule has 1 aromatic rings. The number of carboxylic acid groups (broad SMARTS) is 1. The molecule has 2 fully saturated rings. The van der Waals surface area contributed by atoms with Crippen LogP contribution in [0.4, 0.5) is 0 Å². The molecule has 1 spiro atoms. The molecule has 0 aromatic carbocycles. The van der Waals surface area contributed by atoms with Gasteiger partial charge >= 0.3 is 5.97 Å². The third kappa shape index (κ3) is 1.71. The van der Waals surface area contributed by atoms with Gasteiger partial charge in [-0.1, -0.05) is 0 Å². The largest absolute Gasteiger partial charge is 0.480 e. The Bertz CT molecular complexity index is 1120. The lowest BCUT2D eigenvalue weighted by atomic mass is 9.55. The summed E-state index contributed by atoms with van der Waals surface area (Å²) in [4.78, 5) is 44.4. The average molecular weight is 410 g/mol. The highest BCUT2D eigenvalue weighted by molar-refractivity contribution is 8.04. The topological polar surface area (TPSA) is 115 Å². The number of allylic oxidation sites excluding steroid dienone is 1. The second kappa shape index (κ2) is 5.03. The molecule has 5 heterocycles. The molecule has 1 unspecified atom stereocenters. The molecule has 9 heteroatoms. The van der Waals surface area contributed by atoms with Crippen LogP contribution in [0.25, 0.3) is 0 Å². The number of fused-ring (bicyclic) bond motifs is 3. The first-order chi connectivity index (χ1) is 14.0. The van der Waals surface area contributed by atoms with Gasteiger partial charge in [0.2, 0.25) is 5.78 Å². The fourth-order valence-electron chi connectivity index (χ4n) is 6.61. The summed E-state index contributed by atoms with van der Waals surface area (Å²) >= 11 is 1.61. The van der Waals surface area contributed by atoms with Gasteiger partial charge in [0.15, 0.2) is 5.78 Å². The highest BCUT2D eigenvalue weighted by atomic mass is 32.2. The Hall–Kier alpha value is -2.36. The highest BCUT2D eigenvalue weighted by Crippen LogP contribution is 2.68.